The van der Waals surface area contributed by atoms with Crippen molar-refractivity contribution in [2.24, 2.45) is 0 Å². The molecule has 4 aromatic carbocycles. The predicted octanol–water partition coefficient (Wildman–Crippen LogP) is 9.82. The largest absolute Gasteiger partial charge is 0.507 e. The zero-order chi connectivity index (χ0) is 37.0. The summed E-state index contributed by atoms with van der Waals surface area (Å²) in [5, 5.41) is 21.0. The first-order valence-corrected chi connectivity index (χ1v) is 18.0. The first-order chi connectivity index (χ1) is 25.4. The average molecular weight is 709 g/mol. The Labute approximate surface area is 308 Å². The minimum Gasteiger partial charge on any atom is -0.507 e. The first kappa shape index (κ1) is 38.0. The van der Waals surface area contributed by atoms with Crippen LogP contribution < -0.4 is 28.4 Å². The van der Waals surface area contributed by atoms with Gasteiger partial charge in [-0.15, -0.1) is 0 Å². The average Bonchev–Trinajstić information content (AvgIpc) is 3.18. The van der Waals surface area contributed by atoms with Crippen LogP contribution in [0.4, 0.5) is 0 Å². The van der Waals surface area contributed by atoms with Crippen molar-refractivity contribution in [2.75, 3.05) is 42.7 Å². The Hall–Kier alpha value is -5.24. The number of fused-ring (bicyclic) bond motifs is 10. The van der Waals surface area contributed by atoms with Crippen LogP contribution in [-0.2, 0) is 25.7 Å². The van der Waals surface area contributed by atoms with Crippen LogP contribution in [-0.4, -0.2) is 52.9 Å². The van der Waals surface area contributed by atoms with E-state index in [-0.39, 0.29) is 11.5 Å². The van der Waals surface area contributed by atoms with E-state index in [0.29, 0.717) is 28.6 Å². The zero-order valence-corrected chi connectivity index (χ0v) is 31.3. The lowest BCUT2D eigenvalue weighted by atomic mass is 9.95. The quantitative estimate of drug-likeness (QED) is 0.191. The number of rotatable bonds is 6. The Balaban J connectivity index is 0.000000202. The third-order valence-electron chi connectivity index (χ3n) is 9.65. The van der Waals surface area contributed by atoms with Gasteiger partial charge >= 0.3 is 0 Å². The van der Waals surface area contributed by atoms with Crippen molar-refractivity contribution in [3.05, 3.63) is 95.1 Å². The summed E-state index contributed by atoms with van der Waals surface area (Å²) in [5.74, 6) is 3.90. The molecule has 0 aromatic heterocycles. The van der Waals surface area contributed by atoms with Gasteiger partial charge < -0.3 is 38.6 Å². The van der Waals surface area contributed by atoms with Crippen molar-refractivity contribution in [3.63, 3.8) is 0 Å². The molecule has 8 nitrogen and oxygen atoms in total. The fourth-order valence-electron chi connectivity index (χ4n) is 7.01. The second-order valence-electron chi connectivity index (χ2n) is 12.9. The lowest BCUT2D eigenvalue weighted by Crippen LogP contribution is -2.02. The summed E-state index contributed by atoms with van der Waals surface area (Å²) in [4.78, 5) is 0. The van der Waals surface area contributed by atoms with Gasteiger partial charge in [0.15, 0.2) is 23.0 Å². The molecule has 0 spiro atoms. The van der Waals surface area contributed by atoms with E-state index in [1.54, 1.807) is 41.6 Å². The van der Waals surface area contributed by atoms with Crippen LogP contribution >= 0.6 is 0 Å². The van der Waals surface area contributed by atoms with Gasteiger partial charge in [-0.25, -0.2) is 0 Å². The highest BCUT2D eigenvalue weighted by Gasteiger charge is 2.24. The van der Waals surface area contributed by atoms with E-state index in [1.807, 2.05) is 24.3 Å². The van der Waals surface area contributed by atoms with E-state index in [2.05, 4.69) is 42.5 Å². The summed E-state index contributed by atoms with van der Waals surface area (Å²) in [5.41, 5.74) is 7.74. The molecule has 0 unspecified atom stereocenters. The highest BCUT2D eigenvalue weighted by atomic mass is 16.5. The summed E-state index contributed by atoms with van der Waals surface area (Å²) >= 11 is 0. The first-order valence-electron chi connectivity index (χ1n) is 18.0. The number of aryl methyl sites for hydroxylation is 4. The number of ether oxygens (including phenoxy) is 6. The van der Waals surface area contributed by atoms with Crippen molar-refractivity contribution in [3.8, 4) is 68.2 Å². The highest BCUT2D eigenvalue weighted by Crippen LogP contribution is 2.50. The summed E-state index contributed by atoms with van der Waals surface area (Å²) in [6, 6.07) is 16.1. The monoisotopic (exact) mass is 708 g/mol. The van der Waals surface area contributed by atoms with E-state index < -0.39 is 0 Å². The van der Waals surface area contributed by atoms with E-state index in [4.69, 9.17) is 28.4 Å². The van der Waals surface area contributed by atoms with Crippen LogP contribution in [0, 0.1) is 0 Å². The molecule has 8 heteroatoms. The van der Waals surface area contributed by atoms with E-state index in [9.17, 15) is 10.2 Å². The van der Waals surface area contributed by atoms with Crippen molar-refractivity contribution in [1.82, 2.24) is 0 Å². The Bertz CT molecular complexity index is 1890. The predicted molar refractivity (Wildman–Crippen MR) is 207 cm³/mol. The number of allylic oxidation sites excluding steroid dienone is 4. The second-order valence-corrected chi connectivity index (χ2v) is 12.9. The summed E-state index contributed by atoms with van der Waals surface area (Å²) in [6.07, 6.45) is 18.5. The van der Waals surface area contributed by atoms with E-state index >= 15 is 0 Å². The molecule has 0 aliphatic heterocycles. The van der Waals surface area contributed by atoms with Crippen LogP contribution in [0.25, 0.3) is 22.3 Å². The summed E-state index contributed by atoms with van der Waals surface area (Å²) < 4.78 is 33.8. The molecule has 2 aliphatic rings. The molecule has 0 saturated carbocycles. The smallest absolute Gasteiger partial charge is 0.204 e. The molecule has 8 bridgehead atoms. The number of benzene rings is 4. The molecule has 52 heavy (non-hydrogen) atoms. The number of hydrogen-bond donors (Lipinski definition) is 2. The molecule has 0 fully saturated rings. The van der Waals surface area contributed by atoms with Crippen molar-refractivity contribution in [1.29, 1.82) is 0 Å². The van der Waals surface area contributed by atoms with Gasteiger partial charge in [-0.3, -0.25) is 0 Å². The van der Waals surface area contributed by atoms with Gasteiger partial charge in [0.1, 0.15) is 11.5 Å². The Morgan fingerprint density at radius 2 is 0.923 bits per heavy atom. The van der Waals surface area contributed by atoms with Crippen LogP contribution in [0.5, 0.6) is 46.0 Å². The minimum atomic E-state index is 0.109. The number of methoxy groups -OCH3 is 6. The van der Waals surface area contributed by atoms with Crippen molar-refractivity contribution < 1.29 is 38.6 Å². The van der Waals surface area contributed by atoms with E-state index in [1.165, 1.54) is 12.7 Å². The Morgan fingerprint density at radius 1 is 0.423 bits per heavy atom. The standard InChI is InChI=1S/C23H28O4.C21H24O4/c1-24-20-13-12-16-10-8-6-5-7-9-11-17-15-19(18(20)14-16)22(26-3)23(27-4)21(17)25-2;1-24-20-17-13-15(19(23)21(20)25-2)9-7-5-3-4-6-8-14-10-11-18(22)16(17)12-14/h5-6,12-15H,7-11H2,1-4H3;3-4,10-13,22-23H,5-9H2,1-2H3/b6-5+;4-3+. The normalized spacial score (nSPS) is 15.2. The third-order valence-corrected chi connectivity index (χ3v) is 9.65. The molecule has 2 aliphatic carbocycles. The second kappa shape index (κ2) is 18.3. The van der Waals surface area contributed by atoms with E-state index in [0.717, 1.165) is 109 Å². The van der Waals surface area contributed by atoms with Crippen molar-refractivity contribution >= 4 is 0 Å². The van der Waals surface area contributed by atoms with Gasteiger partial charge in [0.05, 0.1) is 42.7 Å². The maximum Gasteiger partial charge on any atom is 0.204 e. The number of phenols is 2. The molecular formula is C44H52O8. The topological polar surface area (TPSA) is 95.8 Å². The van der Waals surface area contributed by atoms with Gasteiger partial charge in [0.25, 0.3) is 0 Å². The third kappa shape index (κ3) is 8.44. The molecule has 0 atom stereocenters. The van der Waals surface area contributed by atoms with Gasteiger partial charge in [0, 0.05) is 22.3 Å². The SMILES string of the molecule is COc1c2cc(c(O)c1OC)CCC/C=C/CCc1ccc(O)c-2c1.COc1ccc2cc1-c1cc(c(OC)c(OC)c1OC)CCC/C=C/CC2. The van der Waals surface area contributed by atoms with Crippen LogP contribution in [0.15, 0.2) is 72.8 Å². The molecule has 0 amide bonds. The van der Waals surface area contributed by atoms with Crippen LogP contribution in [0.2, 0.25) is 0 Å². The molecule has 276 valence electrons. The molecule has 0 heterocycles. The van der Waals surface area contributed by atoms with Crippen molar-refractivity contribution in [2.45, 2.75) is 64.2 Å². The minimum absolute atomic E-state index is 0.109. The van der Waals surface area contributed by atoms with Crippen LogP contribution in [0.3, 0.4) is 0 Å². The number of phenolic OH excluding ortho intramolecular Hbond substituents is 2. The Morgan fingerprint density at radius 3 is 1.52 bits per heavy atom. The fraction of sp³-hybridized carbons (Fsp3) is 0.364. The molecule has 0 saturated heterocycles. The van der Waals surface area contributed by atoms with Crippen LogP contribution in [0.1, 0.15) is 60.8 Å². The van der Waals surface area contributed by atoms with Gasteiger partial charge in [-0.1, -0.05) is 36.4 Å². The molecule has 4 aromatic rings. The molecule has 0 radical (unpaired) electrons. The molecular weight excluding hydrogens is 656 g/mol. The fourth-order valence-corrected chi connectivity index (χ4v) is 7.01. The lowest BCUT2D eigenvalue weighted by Gasteiger charge is -2.21. The molecule has 2 N–H and O–H groups in total. The maximum atomic E-state index is 10.6. The van der Waals surface area contributed by atoms with Gasteiger partial charge in [-0.05, 0) is 123 Å². The maximum absolute atomic E-state index is 10.6. The van der Waals surface area contributed by atoms with Gasteiger partial charge in [0.2, 0.25) is 11.5 Å². The summed E-state index contributed by atoms with van der Waals surface area (Å²) in [6.45, 7) is 0. The molecule has 6 rings (SSSR count). The highest BCUT2D eigenvalue weighted by molar-refractivity contribution is 5.83. The Kier molecular flexibility index (Phi) is 13.4. The number of aromatic hydroxyl groups is 2. The lowest BCUT2D eigenvalue weighted by molar-refractivity contribution is 0.322. The zero-order valence-electron chi connectivity index (χ0n) is 31.3. The summed E-state index contributed by atoms with van der Waals surface area (Å²) in [7, 11) is 9.74. The van der Waals surface area contributed by atoms with Gasteiger partial charge in [-0.2, -0.15) is 0 Å². The number of hydrogen-bond acceptors (Lipinski definition) is 8.